The first kappa shape index (κ1) is 25.4. The number of fused-ring (bicyclic) bond motifs is 1. The second-order valence-corrected chi connectivity index (χ2v) is 9.68. The Morgan fingerprint density at radius 3 is 2.56 bits per heavy atom. The largest absolute Gasteiger partial charge is 0.493 e. The lowest BCUT2D eigenvalue weighted by Crippen LogP contribution is -2.34. The van der Waals surface area contributed by atoms with Crippen molar-refractivity contribution < 1.29 is 13.9 Å². The summed E-state index contributed by atoms with van der Waals surface area (Å²) in [4.78, 5) is 17.3. The normalized spacial score (nSPS) is 11.9. The zero-order chi connectivity index (χ0) is 25.7. The fourth-order valence-electron chi connectivity index (χ4n) is 3.63. The summed E-state index contributed by atoms with van der Waals surface area (Å²) in [6.07, 6.45) is 1.08. The van der Waals surface area contributed by atoms with Gasteiger partial charge in [0.1, 0.15) is 11.3 Å². The zero-order valence-electron chi connectivity index (χ0n) is 21.0. The molecule has 1 amide bonds. The van der Waals surface area contributed by atoms with E-state index in [0.29, 0.717) is 35.6 Å². The zero-order valence-corrected chi connectivity index (χ0v) is 21.8. The third-order valence-electron chi connectivity index (χ3n) is 5.89. The van der Waals surface area contributed by atoms with Crippen LogP contribution >= 0.6 is 12.2 Å². The molecule has 6 nitrogen and oxygen atoms in total. The quantitative estimate of drug-likeness (QED) is 0.249. The van der Waals surface area contributed by atoms with Gasteiger partial charge in [-0.15, -0.1) is 0 Å². The van der Waals surface area contributed by atoms with E-state index < -0.39 is 0 Å². The number of benzene rings is 3. The molecule has 1 heterocycles. The minimum absolute atomic E-state index is 0.209. The highest BCUT2D eigenvalue weighted by Gasteiger charge is 2.12. The molecule has 186 valence electrons. The van der Waals surface area contributed by atoms with Crippen molar-refractivity contribution in [3.8, 4) is 17.2 Å². The molecule has 2 N–H and O–H groups in total. The second-order valence-electron chi connectivity index (χ2n) is 9.27. The molecule has 0 bridgehead atoms. The number of carbonyl (C=O) groups excluding carboxylic acids is 1. The van der Waals surface area contributed by atoms with Crippen molar-refractivity contribution in [3.05, 3.63) is 77.9 Å². The summed E-state index contributed by atoms with van der Waals surface area (Å²) in [5.41, 5.74) is 4.95. The van der Waals surface area contributed by atoms with Gasteiger partial charge in [0, 0.05) is 16.8 Å². The van der Waals surface area contributed by atoms with Gasteiger partial charge in [0.15, 0.2) is 10.7 Å². The molecule has 4 aromatic rings. The number of oxazole rings is 1. The van der Waals surface area contributed by atoms with Crippen LogP contribution in [-0.4, -0.2) is 22.6 Å². The van der Waals surface area contributed by atoms with Gasteiger partial charge in [-0.25, -0.2) is 4.98 Å². The molecule has 0 aliphatic rings. The van der Waals surface area contributed by atoms with E-state index in [1.165, 1.54) is 5.56 Å². The molecular formula is C29H31N3O3S. The van der Waals surface area contributed by atoms with Gasteiger partial charge in [0.2, 0.25) is 5.89 Å². The average Bonchev–Trinajstić information content (AvgIpc) is 3.31. The molecule has 0 saturated heterocycles. The van der Waals surface area contributed by atoms with Crippen molar-refractivity contribution in [3.63, 3.8) is 0 Å². The minimum atomic E-state index is -0.303. The van der Waals surface area contributed by atoms with Crippen LogP contribution in [0.1, 0.15) is 56.0 Å². The van der Waals surface area contributed by atoms with Crippen LogP contribution in [0.5, 0.6) is 5.75 Å². The fraction of sp³-hybridized carbons (Fsp3) is 0.276. The molecule has 0 spiro atoms. The summed E-state index contributed by atoms with van der Waals surface area (Å²) >= 11 is 5.34. The first-order valence-corrected chi connectivity index (χ1v) is 12.6. The Hall–Kier alpha value is -3.71. The Bertz CT molecular complexity index is 1360. The van der Waals surface area contributed by atoms with Gasteiger partial charge in [0.25, 0.3) is 5.91 Å². The summed E-state index contributed by atoms with van der Waals surface area (Å²) in [5.74, 6) is 1.79. The highest BCUT2D eigenvalue weighted by atomic mass is 32.1. The Balaban J connectivity index is 1.38. The Morgan fingerprint density at radius 1 is 1.06 bits per heavy atom. The third kappa shape index (κ3) is 6.29. The molecule has 0 aliphatic carbocycles. The summed E-state index contributed by atoms with van der Waals surface area (Å²) in [6, 6.07) is 20.8. The number of thiocarbonyl (C=S) groups is 1. The summed E-state index contributed by atoms with van der Waals surface area (Å²) in [5, 5.41) is 5.97. The first-order chi connectivity index (χ1) is 17.3. The molecule has 0 saturated carbocycles. The van der Waals surface area contributed by atoms with Gasteiger partial charge in [-0.05, 0) is 90.6 Å². The summed E-state index contributed by atoms with van der Waals surface area (Å²) in [6.45, 7) is 9.12. The average molecular weight is 502 g/mol. The highest BCUT2D eigenvalue weighted by molar-refractivity contribution is 7.80. The molecule has 0 fully saturated rings. The molecule has 36 heavy (non-hydrogen) atoms. The van der Waals surface area contributed by atoms with Crippen LogP contribution in [0.25, 0.3) is 22.6 Å². The van der Waals surface area contributed by atoms with E-state index in [-0.39, 0.29) is 11.0 Å². The number of amides is 1. The van der Waals surface area contributed by atoms with E-state index in [0.717, 1.165) is 28.8 Å². The number of carbonyl (C=O) groups is 1. The number of hydrogen-bond donors (Lipinski definition) is 2. The number of aromatic nitrogens is 1. The van der Waals surface area contributed by atoms with Gasteiger partial charge < -0.3 is 14.5 Å². The molecule has 1 aromatic heterocycles. The number of ether oxygens (including phenoxy) is 1. The predicted molar refractivity (Wildman–Crippen MR) is 149 cm³/mol. The Labute approximate surface area is 217 Å². The van der Waals surface area contributed by atoms with Gasteiger partial charge in [-0.3, -0.25) is 10.1 Å². The van der Waals surface area contributed by atoms with Gasteiger partial charge in [-0.1, -0.05) is 39.8 Å². The van der Waals surface area contributed by atoms with Crippen LogP contribution in [-0.2, 0) is 0 Å². The molecule has 0 aliphatic heterocycles. The number of rotatable bonds is 8. The SMILES string of the molecule is CC[C@H](C)c1ccc2oc(-c3ccc(NC(=S)NC(=O)c4cccc(OCC(C)C)c4)cc3)nc2c1. The van der Waals surface area contributed by atoms with Gasteiger partial charge in [0.05, 0.1) is 6.61 Å². The van der Waals surface area contributed by atoms with Crippen LogP contribution < -0.4 is 15.4 Å². The monoisotopic (exact) mass is 501 g/mol. The number of anilines is 1. The maximum absolute atomic E-state index is 12.6. The van der Waals surface area contributed by atoms with Crippen LogP contribution in [0.15, 0.2) is 71.1 Å². The number of hydrogen-bond acceptors (Lipinski definition) is 5. The summed E-state index contributed by atoms with van der Waals surface area (Å²) < 4.78 is 11.7. The van der Waals surface area contributed by atoms with Crippen LogP contribution in [0.4, 0.5) is 5.69 Å². The number of nitrogens with zero attached hydrogens (tertiary/aromatic N) is 1. The van der Waals surface area contributed by atoms with Gasteiger partial charge >= 0.3 is 0 Å². The lowest BCUT2D eigenvalue weighted by atomic mass is 9.98. The summed E-state index contributed by atoms with van der Waals surface area (Å²) in [7, 11) is 0. The van der Waals surface area contributed by atoms with Gasteiger partial charge in [-0.2, -0.15) is 0 Å². The van der Waals surface area contributed by atoms with E-state index in [9.17, 15) is 4.79 Å². The van der Waals surface area contributed by atoms with Crippen LogP contribution in [0, 0.1) is 5.92 Å². The minimum Gasteiger partial charge on any atom is -0.493 e. The standard InChI is InChI=1S/C29H31N3O3S/c1-5-19(4)21-11-14-26-25(16-21)31-28(35-26)20-9-12-23(13-10-20)30-29(36)32-27(33)22-7-6-8-24(15-22)34-17-18(2)3/h6-16,18-19H,5,17H2,1-4H3,(H2,30,32,33,36)/t19-/m0/s1. The topological polar surface area (TPSA) is 76.4 Å². The van der Waals surface area contributed by atoms with Crippen molar-refractivity contribution in [2.75, 3.05) is 11.9 Å². The lowest BCUT2D eigenvalue weighted by Gasteiger charge is -2.12. The fourth-order valence-corrected chi connectivity index (χ4v) is 3.84. The van der Waals surface area contributed by atoms with E-state index in [4.69, 9.17) is 21.4 Å². The molecule has 7 heteroatoms. The maximum atomic E-state index is 12.6. The third-order valence-corrected chi connectivity index (χ3v) is 6.09. The molecule has 0 radical (unpaired) electrons. The van der Waals surface area contributed by atoms with E-state index >= 15 is 0 Å². The highest BCUT2D eigenvalue weighted by Crippen LogP contribution is 2.28. The molecule has 1 atom stereocenters. The maximum Gasteiger partial charge on any atom is 0.257 e. The Kier molecular flexibility index (Phi) is 8.00. The van der Waals surface area contributed by atoms with E-state index in [1.807, 2.05) is 36.4 Å². The second kappa shape index (κ2) is 11.4. The van der Waals surface area contributed by atoms with Crippen molar-refractivity contribution in [1.82, 2.24) is 10.3 Å². The predicted octanol–water partition coefficient (Wildman–Crippen LogP) is 7.17. The molecule has 0 unspecified atom stereocenters. The van der Waals surface area contributed by atoms with Crippen molar-refractivity contribution in [2.24, 2.45) is 5.92 Å². The smallest absolute Gasteiger partial charge is 0.257 e. The number of nitrogens with one attached hydrogen (secondary N) is 2. The lowest BCUT2D eigenvalue weighted by molar-refractivity contribution is 0.0977. The van der Waals surface area contributed by atoms with Crippen LogP contribution in [0.3, 0.4) is 0 Å². The molecule has 4 rings (SSSR count). The molecule has 3 aromatic carbocycles. The van der Waals surface area contributed by atoms with Crippen molar-refractivity contribution in [1.29, 1.82) is 0 Å². The first-order valence-electron chi connectivity index (χ1n) is 12.2. The van der Waals surface area contributed by atoms with Crippen molar-refractivity contribution in [2.45, 2.75) is 40.0 Å². The van der Waals surface area contributed by atoms with Crippen molar-refractivity contribution >= 4 is 40.0 Å². The van der Waals surface area contributed by atoms with E-state index in [2.05, 4.69) is 55.4 Å². The van der Waals surface area contributed by atoms with E-state index in [1.54, 1.807) is 18.2 Å². The molecular weight excluding hydrogens is 470 g/mol. The Morgan fingerprint density at radius 2 is 1.83 bits per heavy atom. The van der Waals surface area contributed by atoms with Crippen LogP contribution in [0.2, 0.25) is 0 Å².